The number of carbonyl (C=O) groups is 8. The van der Waals surface area contributed by atoms with Gasteiger partial charge in [0.25, 0.3) is 0 Å². The quantitative estimate of drug-likeness (QED) is 0.0194. The van der Waals surface area contributed by atoms with Crippen LogP contribution in [-0.4, -0.2) is 158 Å². The van der Waals surface area contributed by atoms with E-state index in [4.69, 9.17) is 56.6 Å². The molecule has 0 radical (unpaired) electrons. The van der Waals surface area contributed by atoms with Crippen LogP contribution in [0.5, 0.6) is 23.0 Å². The SMILES string of the molecule is O=C(O)COc1cc(C#Cc2cc(CC(=O)O)nc(CN(CC(=O)O)Cc3cc(C#Cc4ccc(N=C=S)cc4)cc(CN(CC(=O)O)Cc4cc(C#Cc5cc(OCC(=O)O)cc(OCC(=O)O)c5)cc(C(=O)O)n4)n3)c2)cc(OCC(=O)O)c1. The number of hydrogen-bond acceptors (Lipinski definition) is 19. The molecule has 6 rings (SSSR count). The van der Waals surface area contributed by atoms with Crippen LogP contribution in [0.4, 0.5) is 5.69 Å². The summed E-state index contributed by atoms with van der Waals surface area (Å²) in [6, 6.07) is 23.1. The molecule has 0 aliphatic heterocycles. The molecule has 438 valence electrons. The van der Waals surface area contributed by atoms with E-state index in [9.17, 15) is 58.8 Å². The zero-order valence-electron chi connectivity index (χ0n) is 44.6. The van der Waals surface area contributed by atoms with Gasteiger partial charge in [0.15, 0.2) is 26.4 Å². The van der Waals surface area contributed by atoms with E-state index in [0.717, 1.165) is 6.07 Å². The predicted molar refractivity (Wildman–Crippen MR) is 299 cm³/mol. The smallest absolute Gasteiger partial charge is 0.354 e. The summed E-state index contributed by atoms with van der Waals surface area (Å²) in [5.74, 6) is 6.80. The average Bonchev–Trinajstić information content (AvgIpc) is 3.50. The number of aromatic nitrogens is 3. The number of pyridine rings is 3. The topological polar surface area (TPSA) is 393 Å². The van der Waals surface area contributed by atoms with Gasteiger partial charge in [-0.3, -0.25) is 34.2 Å². The van der Waals surface area contributed by atoms with Gasteiger partial charge in [0, 0.05) is 71.7 Å². The van der Waals surface area contributed by atoms with E-state index in [2.05, 4.69) is 55.6 Å². The fraction of sp³-hybridized carbons (Fsp3) is 0.186. The van der Waals surface area contributed by atoms with Crippen LogP contribution < -0.4 is 18.9 Å². The summed E-state index contributed by atoms with van der Waals surface area (Å²) in [7, 11) is 0. The van der Waals surface area contributed by atoms with Gasteiger partial charge in [-0.25, -0.2) is 29.0 Å². The van der Waals surface area contributed by atoms with Crippen molar-refractivity contribution in [1.82, 2.24) is 24.8 Å². The molecule has 0 saturated carbocycles. The van der Waals surface area contributed by atoms with Crippen molar-refractivity contribution in [2.24, 2.45) is 4.99 Å². The van der Waals surface area contributed by atoms with E-state index in [1.54, 1.807) is 36.4 Å². The van der Waals surface area contributed by atoms with Gasteiger partial charge in [-0.2, -0.15) is 4.99 Å². The van der Waals surface area contributed by atoms with Crippen molar-refractivity contribution in [3.63, 3.8) is 0 Å². The van der Waals surface area contributed by atoms with Crippen LogP contribution in [0.25, 0.3) is 0 Å². The van der Waals surface area contributed by atoms with Crippen molar-refractivity contribution in [2.75, 3.05) is 39.5 Å². The summed E-state index contributed by atoms with van der Waals surface area (Å²) in [4.78, 5) is 114. The second kappa shape index (κ2) is 31.1. The number of isothiocyanates is 1. The number of ether oxygens (including phenoxy) is 4. The van der Waals surface area contributed by atoms with E-state index in [0.29, 0.717) is 16.8 Å². The third-order valence-electron chi connectivity index (χ3n) is 10.9. The molecular formula is C59H46N6O20S. The zero-order chi connectivity index (χ0) is 62.3. The van der Waals surface area contributed by atoms with Crippen LogP contribution in [0.15, 0.2) is 102 Å². The Morgan fingerprint density at radius 2 is 0.721 bits per heavy atom. The third-order valence-corrected chi connectivity index (χ3v) is 10.9. The van der Waals surface area contributed by atoms with Gasteiger partial charge < -0.3 is 59.8 Å². The highest BCUT2D eigenvalue weighted by Crippen LogP contribution is 2.25. The van der Waals surface area contributed by atoms with Crippen molar-refractivity contribution in [2.45, 2.75) is 32.6 Å². The average molecular weight is 1190 g/mol. The molecule has 0 spiro atoms. The second-order valence-electron chi connectivity index (χ2n) is 18.0. The lowest BCUT2D eigenvalue weighted by atomic mass is 10.1. The Bertz CT molecular complexity index is 3800. The lowest BCUT2D eigenvalue weighted by molar-refractivity contribution is -0.140. The van der Waals surface area contributed by atoms with Crippen LogP contribution in [0.3, 0.4) is 0 Å². The zero-order valence-corrected chi connectivity index (χ0v) is 45.4. The first-order valence-electron chi connectivity index (χ1n) is 24.8. The standard InChI is InChI=1S/C59H46N6O20S/c66-52(67)21-42-11-36(3-5-39-16-47(82-30-55(72)73)22-48(17-39)83-31-56(74)75)12-43(61-42)24-64(28-53(68)69)25-44-13-37(2-1-35-7-9-41(10-8-35)60-34-86)14-45(62-44)26-65(29-54(70)71)27-46-15-38(20-51(63-46)59(80)81)4-6-40-18-49(84-32-57(76)77)23-50(19-40)85-33-58(78)79/h7-20,22-23H,21,24-33H2,(H,66,67)(H,68,69)(H,70,71)(H,72,73)(H,74,75)(H,76,77)(H,78,79)(H,80,81). The minimum Gasteiger partial charge on any atom is -0.482 e. The Morgan fingerprint density at radius 1 is 0.395 bits per heavy atom. The van der Waals surface area contributed by atoms with Crippen molar-refractivity contribution in [3.05, 3.63) is 165 Å². The van der Waals surface area contributed by atoms with E-state index >= 15 is 0 Å². The maximum atomic E-state index is 12.5. The summed E-state index contributed by atoms with van der Waals surface area (Å²) in [5, 5.41) is 79.0. The predicted octanol–water partition coefficient (Wildman–Crippen LogP) is 4.16. The Balaban J connectivity index is 1.37. The number of aromatic carboxylic acids is 1. The second-order valence-corrected chi connectivity index (χ2v) is 18.2. The van der Waals surface area contributed by atoms with Crippen LogP contribution in [0.2, 0.25) is 0 Å². The molecule has 3 heterocycles. The molecule has 0 aliphatic carbocycles. The van der Waals surface area contributed by atoms with Gasteiger partial charge in [-0.05, 0) is 97.1 Å². The summed E-state index contributed by atoms with van der Waals surface area (Å²) in [6.45, 7) is -5.29. The highest BCUT2D eigenvalue weighted by atomic mass is 32.1. The first-order valence-corrected chi connectivity index (χ1v) is 25.2. The number of benzene rings is 3. The molecule has 3 aromatic heterocycles. The van der Waals surface area contributed by atoms with Gasteiger partial charge in [0.05, 0.1) is 58.8 Å². The van der Waals surface area contributed by atoms with E-state index in [1.165, 1.54) is 64.4 Å². The van der Waals surface area contributed by atoms with Gasteiger partial charge in [0.1, 0.15) is 28.7 Å². The number of carboxylic acid groups (broad SMARTS) is 8. The van der Waals surface area contributed by atoms with E-state index in [1.807, 2.05) is 0 Å². The maximum absolute atomic E-state index is 12.5. The molecule has 0 fully saturated rings. The molecule has 0 bridgehead atoms. The first-order chi connectivity index (χ1) is 41.0. The molecule has 86 heavy (non-hydrogen) atoms. The molecule has 0 unspecified atom stereocenters. The Hall–Kier alpha value is -11.5. The largest absolute Gasteiger partial charge is 0.482 e. The Labute approximate surface area is 492 Å². The van der Waals surface area contributed by atoms with Crippen LogP contribution in [-0.2, 0) is 66.2 Å². The number of nitrogens with zero attached hydrogens (tertiary/aromatic N) is 6. The van der Waals surface area contributed by atoms with Gasteiger partial charge in [0.2, 0.25) is 0 Å². The van der Waals surface area contributed by atoms with E-state index in [-0.39, 0.29) is 99.9 Å². The minimum atomic E-state index is -1.46. The summed E-state index contributed by atoms with van der Waals surface area (Å²) in [5.41, 5.74) is 2.21. The Morgan fingerprint density at radius 3 is 1.06 bits per heavy atom. The molecule has 8 N–H and O–H groups in total. The fourth-order valence-electron chi connectivity index (χ4n) is 7.72. The summed E-state index contributed by atoms with van der Waals surface area (Å²) in [6.07, 6.45) is -0.575. The monoisotopic (exact) mass is 1190 g/mol. The van der Waals surface area contributed by atoms with Gasteiger partial charge >= 0.3 is 47.8 Å². The highest BCUT2D eigenvalue weighted by molar-refractivity contribution is 7.78. The van der Waals surface area contributed by atoms with E-state index < -0.39 is 99.4 Å². The van der Waals surface area contributed by atoms with Crippen LogP contribution in [0, 0.1) is 35.5 Å². The molecule has 0 amide bonds. The van der Waals surface area contributed by atoms with Gasteiger partial charge in [-0.15, -0.1) is 0 Å². The lowest BCUT2D eigenvalue weighted by Crippen LogP contribution is -2.31. The molecule has 0 saturated heterocycles. The lowest BCUT2D eigenvalue weighted by Gasteiger charge is -2.22. The molecule has 6 aromatic rings. The molecular weight excluding hydrogens is 1140 g/mol. The number of rotatable bonds is 28. The first kappa shape index (κ1) is 63.6. The summed E-state index contributed by atoms with van der Waals surface area (Å²) < 4.78 is 21.0. The highest BCUT2D eigenvalue weighted by Gasteiger charge is 2.20. The maximum Gasteiger partial charge on any atom is 0.354 e. The van der Waals surface area contributed by atoms with Crippen LogP contribution in [0.1, 0.15) is 72.3 Å². The van der Waals surface area contributed by atoms with Gasteiger partial charge in [-0.1, -0.05) is 35.5 Å². The third kappa shape index (κ3) is 22.4. The number of thiocarbonyl (C=S) groups is 1. The molecule has 0 atom stereocenters. The molecule has 3 aromatic carbocycles. The molecule has 0 aliphatic rings. The fourth-order valence-corrected chi connectivity index (χ4v) is 7.83. The summed E-state index contributed by atoms with van der Waals surface area (Å²) >= 11 is 4.70. The number of aliphatic carboxylic acids is 7. The van der Waals surface area contributed by atoms with Crippen molar-refractivity contribution >= 4 is 70.8 Å². The normalized spacial score (nSPS) is 10.3. The number of aliphatic imine (C=N–C) groups is 1. The van der Waals surface area contributed by atoms with Crippen molar-refractivity contribution in [3.8, 4) is 58.5 Å². The minimum absolute atomic E-state index is 0.0170. The Kier molecular flexibility index (Phi) is 23.0. The number of carboxylic acids is 8. The molecule has 27 heteroatoms. The molecule has 26 nitrogen and oxygen atoms in total. The van der Waals surface area contributed by atoms with Crippen molar-refractivity contribution < 1.29 is 98.2 Å². The number of hydrogen-bond donors (Lipinski definition) is 8. The van der Waals surface area contributed by atoms with Crippen LogP contribution >= 0.6 is 12.2 Å². The van der Waals surface area contributed by atoms with Crippen molar-refractivity contribution in [1.29, 1.82) is 0 Å².